The van der Waals surface area contributed by atoms with Crippen molar-refractivity contribution in [2.45, 2.75) is 58.9 Å². The van der Waals surface area contributed by atoms with E-state index < -0.39 is 0 Å². The van der Waals surface area contributed by atoms with Crippen molar-refractivity contribution in [3.63, 3.8) is 0 Å². The molecule has 0 aromatic carbocycles. The number of aryl methyl sites for hydroxylation is 1. The third kappa shape index (κ3) is 8.39. The second-order valence-electron chi connectivity index (χ2n) is 7.34. The van der Waals surface area contributed by atoms with Gasteiger partial charge in [-0.05, 0) is 39.5 Å². The summed E-state index contributed by atoms with van der Waals surface area (Å²) in [6.07, 6.45) is 5.80. The van der Waals surface area contributed by atoms with Crippen LogP contribution in [0.5, 0.6) is 0 Å². The van der Waals surface area contributed by atoms with E-state index in [-0.39, 0.29) is 0 Å². The van der Waals surface area contributed by atoms with Crippen LogP contribution in [0.1, 0.15) is 57.1 Å². The number of amides is 1. The van der Waals surface area contributed by atoms with Crippen molar-refractivity contribution < 1.29 is 9.53 Å². The molecule has 1 aliphatic rings. The molecule has 29 heavy (non-hydrogen) atoms. The van der Waals surface area contributed by atoms with Crippen LogP contribution in [0.15, 0.2) is 4.99 Å². The Kier molecular flexibility index (Phi) is 10.5. The Morgan fingerprint density at radius 1 is 1.17 bits per heavy atom. The Balaban J connectivity index is 1.80. The van der Waals surface area contributed by atoms with Crippen molar-refractivity contribution in [2.75, 3.05) is 39.4 Å². The van der Waals surface area contributed by atoms with Crippen molar-refractivity contribution in [3.05, 3.63) is 11.6 Å². The van der Waals surface area contributed by atoms with Crippen LogP contribution in [-0.2, 0) is 23.1 Å². The van der Waals surface area contributed by atoms with Crippen molar-refractivity contribution in [2.24, 2.45) is 12.0 Å². The van der Waals surface area contributed by atoms with Crippen LogP contribution >= 0.6 is 0 Å². The standard InChI is InChI=1S/C20H37N7O2/c1-4-29-15-9-12-22-20(23-16-18-25-24-17(2)26(18)3)21-11-8-14-27-13-7-5-6-10-19(27)28/h4-16H2,1-3H3,(H2,21,22,23). The highest BCUT2D eigenvalue weighted by atomic mass is 16.5. The molecule has 1 amide bonds. The summed E-state index contributed by atoms with van der Waals surface area (Å²) in [7, 11) is 1.95. The molecule has 1 aromatic heterocycles. The van der Waals surface area contributed by atoms with Crippen LogP contribution in [0.3, 0.4) is 0 Å². The molecule has 9 heteroatoms. The quantitative estimate of drug-likeness (QED) is 0.327. The number of nitrogens with zero attached hydrogens (tertiary/aromatic N) is 5. The van der Waals surface area contributed by atoms with Crippen molar-refractivity contribution in [3.8, 4) is 0 Å². The highest BCUT2D eigenvalue weighted by molar-refractivity contribution is 5.79. The van der Waals surface area contributed by atoms with Gasteiger partial charge in [-0.2, -0.15) is 0 Å². The smallest absolute Gasteiger partial charge is 0.222 e. The molecule has 1 saturated heterocycles. The lowest BCUT2D eigenvalue weighted by Crippen LogP contribution is -2.40. The van der Waals surface area contributed by atoms with Crippen LogP contribution in [0, 0.1) is 6.92 Å². The fourth-order valence-electron chi connectivity index (χ4n) is 3.19. The summed E-state index contributed by atoms with van der Waals surface area (Å²) in [4.78, 5) is 18.8. The number of likely N-dealkylation sites (tertiary alicyclic amines) is 1. The van der Waals surface area contributed by atoms with Crippen LogP contribution in [0.25, 0.3) is 0 Å². The van der Waals surface area contributed by atoms with E-state index in [1.807, 2.05) is 30.4 Å². The van der Waals surface area contributed by atoms with Crippen molar-refractivity contribution in [1.29, 1.82) is 0 Å². The number of ether oxygens (including phenoxy) is 1. The van der Waals surface area contributed by atoms with Crippen molar-refractivity contribution in [1.82, 2.24) is 30.3 Å². The zero-order valence-electron chi connectivity index (χ0n) is 18.2. The normalized spacial score (nSPS) is 15.5. The molecular formula is C20H37N7O2. The first-order valence-corrected chi connectivity index (χ1v) is 10.8. The Morgan fingerprint density at radius 3 is 2.69 bits per heavy atom. The molecule has 9 nitrogen and oxygen atoms in total. The predicted octanol–water partition coefficient (Wildman–Crippen LogP) is 1.38. The van der Waals surface area contributed by atoms with E-state index in [4.69, 9.17) is 4.74 Å². The first-order valence-electron chi connectivity index (χ1n) is 10.8. The van der Waals surface area contributed by atoms with Gasteiger partial charge < -0.3 is 24.8 Å². The van der Waals surface area contributed by atoms with Crippen molar-refractivity contribution >= 4 is 11.9 Å². The van der Waals surface area contributed by atoms with Crippen LogP contribution < -0.4 is 10.6 Å². The van der Waals surface area contributed by atoms with Gasteiger partial charge in [-0.1, -0.05) is 6.42 Å². The lowest BCUT2D eigenvalue weighted by molar-refractivity contribution is -0.130. The number of aromatic nitrogens is 3. The van der Waals surface area contributed by atoms with Crippen LogP contribution in [0.4, 0.5) is 0 Å². The Labute approximate surface area is 174 Å². The Morgan fingerprint density at radius 2 is 1.97 bits per heavy atom. The van der Waals surface area contributed by atoms with E-state index in [0.29, 0.717) is 18.9 Å². The van der Waals surface area contributed by atoms with E-state index in [2.05, 4.69) is 25.8 Å². The van der Waals surface area contributed by atoms with E-state index in [1.165, 1.54) is 0 Å². The molecule has 0 spiro atoms. The molecule has 0 aliphatic carbocycles. The van der Waals surface area contributed by atoms with E-state index in [1.54, 1.807) is 0 Å². The van der Waals surface area contributed by atoms with Gasteiger partial charge in [0.1, 0.15) is 12.4 Å². The molecule has 1 aromatic rings. The number of hydrogen-bond acceptors (Lipinski definition) is 5. The zero-order valence-corrected chi connectivity index (χ0v) is 18.2. The Hall–Kier alpha value is -2.16. The fourth-order valence-corrected chi connectivity index (χ4v) is 3.19. The van der Waals surface area contributed by atoms with Gasteiger partial charge in [-0.3, -0.25) is 4.79 Å². The highest BCUT2D eigenvalue weighted by Crippen LogP contribution is 2.11. The zero-order chi connectivity index (χ0) is 20.9. The van der Waals surface area contributed by atoms with E-state index in [0.717, 1.165) is 89.1 Å². The number of carbonyl (C=O) groups is 1. The second kappa shape index (κ2) is 13.1. The molecule has 1 aliphatic heterocycles. The fraction of sp³-hybridized carbons (Fsp3) is 0.800. The third-order valence-corrected chi connectivity index (χ3v) is 5.09. The number of guanidine groups is 1. The predicted molar refractivity (Wildman–Crippen MR) is 114 cm³/mol. The van der Waals surface area contributed by atoms with Gasteiger partial charge in [-0.25, -0.2) is 4.99 Å². The SMILES string of the molecule is CCOCCCNC(=NCc1nnc(C)n1C)NCCCN1CCCCCC1=O. The van der Waals surface area contributed by atoms with E-state index in [9.17, 15) is 4.79 Å². The number of aliphatic imine (C=N–C) groups is 1. The van der Waals surface area contributed by atoms with Gasteiger partial charge >= 0.3 is 0 Å². The topological polar surface area (TPSA) is 96.7 Å². The van der Waals surface area contributed by atoms with Gasteiger partial charge in [-0.15, -0.1) is 10.2 Å². The molecule has 2 heterocycles. The van der Waals surface area contributed by atoms with Gasteiger partial charge in [0.25, 0.3) is 0 Å². The minimum atomic E-state index is 0.295. The number of nitrogens with one attached hydrogen (secondary N) is 2. The monoisotopic (exact) mass is 407 g/mol. The summed E-state index contributed by atoms with van der Waals surface area (Å²) >= 11 is 0. The summed E-state index contributed by atoms with van der Waals surface area (Å²) < 4.78 is 7.34. The molecule has 2 N–H and O–H groups in total. The minimum absolute atomic E-state index is 0.295. The first kappa shape index (κ1) is 23.1. The van der Waals surface area contributed by atoms with Gasteiger partial charge in [0.15, 0.2) is 11.8 Å². The maximum Gasteiger partial charge on any atom is 0.222 e. The van der Waals surface area contributed by atoms with Crippen LogP contribution in [0.2, 0.25) is 0 Å². The largest absolute Gasteiger partial charge is 0.382 e. The third-order valence-electron chi connectivity index (χ3n) is 5.09. The van der Waals surface area contributed by atoms with Gasteiger partial charge in [0, 0.05) is 52.9 Å². The number of hydrogen-bond donors (Lipinski definition) is 2. The Bertz CT molecular complexity index is 645. The molecule has 0 saturated carbocycles. The number of carbonyl (C=O) groups excluding carboxylic acids is 1. The number of rotatable bonds is 11. The molecular weight excluding hydrogens is 370 g/mol. The first-order chi connectivity index (χ1) is 14.1. The summed E-state index contributed by atoms with van der Waals surface area (Å²) in [5.41, 5.74) is 0. The summed E-state index contributed by atoms with van der Waals surface area (Å²) in [6.45, 7) is 9.09. The summed E-state index contributed by atoms with van der Waals surface area (Å²) in [6, 6.07) is 0. The molecule has 164 valence electrons. The maximum absolute atomic E-state index is 12.1. The molecule has 0 bridgehead atoms. The van der Waals surface area contributed by atoms with Gasteiger partial charge in [0.2, 0.25) is 5.91 Å². The summed E-state index contributed by atoms with van der Waals surface area (Å²) in [5, 5.41) is 15.0. The molecule has 2 rings (SSSR count). The average molecular weight is 408 g/mol. The maximum atomic E-state index is 12.1. The lowest BCUT2D eigenvalue weighted by atomic mass is 10.2. The second-order valence-corrected chi connectivity index (χ2v) is 7.34. The van der Waals surface area contributed by atoms with Gasteiger partial charge in [0.05, 0.1) is 0 Å². The molecule has 1 fully saturated rings. The minimum Gasteiger partial charge on any atom is -0.382 e. The summed E-state index contributed by atoms with van der Waals surface area (Å²) in [5.74, 6) is 2.75. The molecule has 0 atom stereocenters. The molecule has 0 radical (unpaired) electrons. The van der Waals surface area contributed by atoms with Crippen LogP contribution in [-0.4, -0.2) is 70.9 Å². The highest BCUT2D eigenvalue weighted by Gasteiger charge is 2.15. The van der Waals surface area contributed by atoms with E-state index >= 15 is 0 Å². The lowest BCUT2D eigenvalue weighted by Gasteiger charge is -2.21. The molecule has 0 unspecified atom stereocenters. The average Bonchev–Trinajstić information content (AvgIpc) is 2.90.